The monoisotopic (exact) mass is 633 g/mol. The lowest BCUT2D eigenvalue weighted by molar-refractivity contribution is -0.870. The van der Waals surface area contributed by atoms with Crippen molar-refractivity contribution in [3.63, 3.8) is 0 Å². The van der Waals surface area contributed by atoms with E-state index < -0.39 is 13.9 Å². The minimum absolute atomic E-state index is 0.0192. The Morgan fingerprint density at radius 3 is 1.72 bits per heavy atom. The molecule has 0 spiro atoms. The third-order valence-corrected chi connectivity index (χ3v) is 8.38. The summed E-state index contributed by atoms with van der Waals surface area (Å²) in [5.41, 5.74) is 0. The Morgan fingerprint density at radius 1 is 0.721 bits per heavy atom. The zero-order chi connectivity index (χ0) is 32.1. The molecule has 2 atom stereocenters. The first-order chi connectivity index (χ1) is 20.6. The maximum absolute atomic E-state index is 12.4. The first-order valence-corrected chi connectivity index (χ1v) is 18.9. The summed E-state index contributed by atoms with van der Waals surface area (Å²) in [4.78, 5) is 24.7. The highest BCUT2D eigenvalue weighted by atomic mass is 31.2. The fourth-order valence-corrected chi connectivity index (χ4v) is 5.36. The Hall–Kier alpha value is -0.920. The minimum atomic E-state index is -4.52. The zero-order valence-electron chi connectivity index (χ0n) is 28.7. The molecule has 0 radical (unpaired) electrons. The average molecular weight is 634 g/mol. The van der Waals surface area contributed by atoms with E-state index in [0.29, 0.717) is 17.4 Å². The molecule has 0 heterocycles. The lowest BCUT2D eigenvalue weighted by Gasteiger charge is -2.28. The summed E-state index contributed by atoms with van der Waals surface area (Å²) >= 11 is 0. The number of carbonyl (C=O) groups excluding carboxylic acids is 1. The molecule has 1 unspecified atom stereocenters. The number of hydrogen-bond acceptors (Lipinski definition) is 7. The van der Waals surface area contributed by atoms with Crippen LogP contribution in [0.4, 0.5) is 0 Å². The SMILES string of the molecule is CCCCCCCCCCCCCC/C=C/OC[C@@H](COP(=O)([O-])OCC[N+](C)(C)C)OC(=O)CCCCCCCCC. The molecule has 0 fully saturated rings. The van der Waals surface area contributed by atoms with Gasteiger partial charge >= 0.3 is 5.97 Å². The molecule has 0 saturated carbocycles. The highest BCUT2D eigenvalue weighted by Gasteiger charge is 2.20. The molecule has 0 rings (SSSR count). The van der Waals surface area contributed by atoms with Gasteiger partial charge in [0.25, 0.3) is 7.82 Å². The van der Waals surface area contributed by atoms with Crippen molar-refractivity contribution in [3.05, 3.63) is 12.3 Å². The van der Waals surface area contributed by atoms with Crippen molar-refractivity contribution in [2.45, 2.75) is 155 Å². The lowest BCUT2D eigenvalue weighted by atomic mass is 10.0. The third-order valence-electron chi connectivity index (χ3n) is 7.41. The molecule has 9 heteroatoms. The van der Waals surface area contributed by atoms with Crippen LogP contribution in [0.3, 0.4) is 0 Å². The number of ether oxygens (including phenoxy) is 2. The molecule has 0 aromatic heterocycles. The van der Waals surface area contributed by atoms with E-state index in [4.69, 9.17) is 18.5 Å². The van der Waals surface area contributed by atoms with E-state index in [1.54, 1.807) is 6.26 Å². The fraction of sp³-hybridized carbons (Fsp3) is 0.912. The molecule has 0 aliphatic heterocycles. The van der Waals surface area contributed by atoms with E-state index in [-0.39, 0.29) is 25.8 Å². The first-order valence-electron chi connectivity index (χ1n) is 17.5. The molecule has 0 aromatic carbocycles. The Kier molecular flexibility index (Phi) is 27.9. The summed E-state index contributed by atoms with van der Waals surface area (Å²) in [5, 5.41) is 0. The van der Waals surface area contributed by atoms with Crippen molar-refractivity contribution >= 4 is 13.8 Å². The maximum atomic E-state index is 12.4. The van der Waals surface area contributed by atoms with Crippen molar-refractivity contribution in [2.75, 3.05) is 47.5 Å². The number of nitrogens with zero attached hydrogens (tertiary/aromatic N) is 1. The van der Waals surface area contributed by atoms with Gasteiger partial charge in [-0.15, -0.1) is 0 Å². The number of quaternary nitrogens is 1. The highest BCUT2D eigenvalue weighted by molar-refractivity contribution is 7.45. The van der Waals surface area contributed by atoms with Crippen LogP contribution in [-0.4, -0.2) is 64.1 Å². The van der Waals surface area contributed by atoms with Gasteiger partial charge in [-0.3, -0.25) is 9.36 Å². The van der Waals surface area contributed by atoms with Crippen LogP contribution in [0.2, 0.25) is 0 Å². The van der Waals surface area contributed by atoms with Gasteiger partial charge in [-0.05, 0) is 25.3 Å². The maximum Gasteiger partial charge on any atom is 0.306 e. The molecule has 43 heavy (non-hydrogen) atoms. The van der Waals surface area contributed by atoms with Gasteiger partial charge in [0, 0.05) is 6.42 Å². The summed E-state index contributed by atoms with van der Waals surface area (Å²) in [7, 11) is 1.33. The van der Waals surface area contributed by atoms with E-state index in [2.05, 4.69) is 13.8 Å². The number of phosphoric ester groups is 1. The van der Waals surface area contributed by atoms with Crippen LogP contribution in [0.5, 0.6) is 0 Å². The van der Waals surface area contributed by atoms with Crippen LogP contribution in [0.1, 0.15) is 149 Å². The molecule has 0 aromatic rings. The molecule has 0 N–H and O–H groups in total. The second-order valence-electron chi connectivity index (χ2n) is 13.0. The summed E-state index contributed by atoms with van der Waals surface area (Å²) in [6, 6.07) is 0. The van der Waals surface area contributed by atoms with E-state index in [1.165, 1.54) is 96.3 Å². The molecule has 0 saturated heterocycles. The normalized spacial score (nSPS) is 14.2. The number of hydrogen-bond donors (Lipinski definition) is 0. The van der Waals surface area contributed by atoms with E-state index >= 15 is 0 Å². The van der Waals surface area contributed by atoms with Crippen LogP contribution < -0.4 is 4.89 Å². The second-order valence-corrected chi connectivity index (χ2v) is 14.4. The summed E-state index contributed by atoms with van der Waals surface area (Å²) in [6.45, 7) is 4.68. The summed E-state index contributed by atoms with van der Waals surface area (Å²) in [5.74, 6) is -0.363. The zero-order valence-corrected chi connectivity index (χ0v) is 29.6. The average Bonchev–Trinajstić information content (AvgIpc) is 2.94. The van der Waals surface area contributed by atoms with Gasteiger partial charge in [-0.25, -0.2) is 0 Å². The molecule has 0 bridgehead atoms. The number of allylic oxidation sites excluding steroid dienone is 1. The van der Waals surface area contributed by atoms with Crippen LogP contribution in [0, 0.1) is 0 Å². The molecule has 256 valence electrons. The number of esters is 1. The van der Waals surface area contributed by atoms with E-state index in [1.807, 2.05) is 27.2 Å². The number of phosphoric acid groups is 1. The van der Waals surface area contributed by atoms with Gasteiger partial charge in [0.05, 0.1) is 34.0 Å². The van der Waals surface area contributed by atoms with Gasteiger partial charge in [-0.1, -0.05) is 123 Å². The van der Waals surface area contributed by atoms with Crippen molar-refractivity contribution in [1.29, 1.82) is 0 Å². The standard InChI is InChI=1S/C34H68NO7P/c1-6-8-10-12-14-15-16-17-18-19-20-22-24-26-29-39-31-33(32-41-43(37,38)40-30-28-35(3,4)5)42-34(36)27-25-23-21-13-11-9-7-2/h26,29,33H,6-25,27-28,30-32H2,1-5H3/b29-26+/t33-/m0/s1. The second kappa shape index (κ2) is 28.5. The predicted octanol–water partition coefficient (Wildman–Crippen LogP) is 8.87. The Bertz CT molecular complexity index is 711. The largest absolute Gasteiger partial charge is 0.756 e. The minimum Gasteiger partial charge on any atom is -0.756 e. The van der Waals surface area contributed by atoms with Crippen molar-refractivity contribution in [2.24, 2.45) is 0 Å². The van der Waals surface area contributed by atoms with Crippen LogP contribution in [-0.2, 0) is 27.9 Å². The first kappa shape index (κ1) is 42.1. The van der Waals surface area contributed by atoms with Gasteiger partial charge < -0.3 is 27.9 Å². The van der Waals surface area contributed by atoms with E-state index in [9.17, 15) is 14.3 Å². The van der Waals surface area contributed by atoms with Crippen molar-refractivity contribution in [3.8, 4) is 0 Å². The topological polar surface area (TPSA) is 94.1 Å². The quantitative estimate of drug-likeness (QED) is 0.0240. The lowest BCUT2D eigenvalue weighted by Crippen LogP contribution is -2.37. The molecular weight excluding hydrogens is 565 g/mol. The molecular formula is C34H68NO7P. The summed E-state index contributed by atoms with van der Waals surface area (Å²) < 4.78 is 34.0. The Balaban J connectivity index is 4.33. The fourth-order valence-electron chi connectivity index (χ4n) is 4.63. The van der Waals surface area contributed by atoms with Crippen LogP contribution in [0.15, 0.2) is 12.3 Å². The Morgan fingerprint density at radius 2 is 1.21 bits per heavy atom. The number of likely N-dealkylation sites (N-methyl/N-ethyl adjacent to an activating group) is 1. The summed E-state index contributed by atoms with van der Waals surface area (Å²) in [6.07, 6.45) is 27.5. The molecule has 0 amide bonds. The highest BCUT2D eigenvalue weighted by Crippen LogP contribution is 2.38. The van der Waals surface area contributed by atoms with Crippen molar-refractivity contribution < 1.29 is 37.3 Å². The number of unbranched alkanes of at least 4 members (excludes halogenated alkanes) is 18. The van der Waals surface area contributed by atoms with Gasteiger partial charge in [0.2, 0.25) is 0 Å². The molecule has 0 aliphatic carbocycles. The van der Waals surface area contributed by atoms with Gasteiger partial charge in [0.15, 0.2) is 6.10 Å². The third kappa shape index (κ3) is 32.3. The number of carbonyl (C=O) groups is 1. The van der Waals surface area contributed by atoms with Crippen molar-refractivity contribution in [1.82, 2.24) is 0 Å². The number of rotatable bonds is 32. The van der Waals surface area contributed by atoms with Crippen LogP contribution >= 0.6 is 7.82 Å². The Labute approximate surface area is 265 Å². The van der Waals surface area contributed by atoms with Crippen LogP contribution in [0.25, 0.3) is 0 Å². The van der Waals surface area contributed by atoms with Gasteiger partial charge in [-0.2, -0.15) is 0 Å². The van der Waals surface area contributed by atoms with Gasteiger partial charge in [0.1, 0.15) is 19.8 Å². The predicted molar refractivity (Wildman–Crippen MR) is 176 cm³/mol. The smallest absolute Gasteiger partial charge is 0.306 e. The molecule has 0 aliphatic rings. The molecule has 8 nitrogen and oxygen atoms in total. The van der Waals surface area contributed by atoms with E-state index in [0.717, 1.165) is 32.1 Å².